The van der Waals surface area contributed by atoms with Gasteiger partial charge < -0.3 is 24.9 Å². The van der Waals surface area contributed by atoms with Gasteiger partial charge in [0.2, 0.25) is 0 Å². The lowest BCUT2D eigenvalue weighted by Gasteiger charge is -2.31. The van der Waals surface area contributed by atoms with Gasteiger partial charge in [0.25, 0.3) is 0 Å². The molecule has 180 valence electrons. The quantitative estimate of drug-likeness (QED) is 0.404. The van der Waals surface area contributed by atoms with E-state index < -0.39 is 12.2 Å². The molecule has 0 spiro atoms. The smallest absolute Gasteiger partial charge is 0.407 e. The number of aromatic amines is 1. The maximum Gasteiger partial charge on any atom is 0.407 e. The zero-order valence-corrected chi connectivity index (χ0v) is 20.8. The van der Waals surface area contributed by atoms with Crippen LogP contribution in [0, 0.1) is 11.8 Å². The molecule has 0 bridgehead atoms. The van der Waals surface area contributed by atoms with Crippen LogP contribution in [-0.2, 0) is 15.9 Å². The fourth-order valence-electron chi connectivity index (χ4n) is 4.34. The van der Waals surface area contributed by atoms with Crippen LogP contribution in [0.3, 0.4) is 0 Å². The molecule has 0 fully saturated rings. The van der Waals surface area contributed by atoms with E-state index >= 15 is 0 Å². The first-order chi connectivity index (χ1) is 15.1. The third kappa shape index (κ3) is 7.52. The van der Waals surface area contributed by atoms with Crippen LogP contribution in [0.25, 0.3) is 10.9 Å². The van der Waals surface area contributed by atoms with Crippen LogP contribution in [0.2, 0.25) is 0 Å². The Bertz CT molecular complexity index is 853. The first-order valence-corrected chi connectivity index (χ1v) is 11.7. The van der Waals surface area contributed by atoms with Crippen LogP contribution < -0.4 is 5.32 Å². The summed E-state index contributed by atoms with van der Waals surface area (Å²) in [6, 6.07) is 6.61. The molecule has 1 aromatic heterocycles. The molecule has 0 aliphatic carbocycles. The lowest BCUT2D eigenvalue weighted by atomic mass is 9.77. The van der Waals surface area contributed by atoms with Crippen molar-refractivity contribution < 1.29 is 19.4 Å². The van der Waals surface area contributed by atoms with Gasteiger partial charge in [-0.25, -0.2) is 4.79 Å². The van der Waals surface area contributed by atoms with Crippen molar-refractivity contribution in [2.24, 2.45) is 11.8 Å². The molecule has 0 aliphatic heterocycles. The number of aliphatic hydroxyl groups is 1. The lowest BCUT2D eigenvalue weighted by molar-refractivity contribution is 0.0321. The molecular weight excluding hydrogens is 404 g/mol. The summed E-state index contributed by atoms with van der Waals surface area (Å²) in [7, 11) is 1.73. The van der Waals surface area contributed by atoms with Gasteiger partial charge in [0.05, 0.1) is 6.61 Å². The topological polar surface area (TPSA) is 83.6 Å². The van der Waals surface area contributed by atoms with Crippen LogP contribution in [0.1, 0.15) is 71.4 Å². The standard InChI is InChI=1S/C26H42N2O4/c1-17(2)22(14-21(16-29)32-25(30)28-26(4,5)6)18(3)19-10-11-24-23(13-19)20(15-27-24)9-8-12-31-7/h10-11,13,15,17-18,21-22,27,29H,8-9,12,14,16H2,1-7H3,(H,28,30). The van der Waals surface area contributed by atoms with Crippen molar-refractivity contribution in [2.45, 2.75) is 78.4 Å². The Balaban J connectivity index is 2.17. The summed E-state index contributed by atoms with van der Waals surface area (Å²) in [5.41, 5.74) is 3.33. The Morgan fingerprint density at radius 3 is 2.53 bits per heavy atom. The number of benzene rings is 1. The van der Waals surface area contributed by atoms with Gasteiger partial charge in [-0.2, -0.15) is 0 Å². The lowest BCUT2D eigenvalue weighted by Crippen LogP contribution is -2.43. The van der Waals surface area contributed by atoms with E-state index in [2.05, 4.69) is 55.5 Å². The molecule has 6 nitrogen and oxygen atoms in total. The molecule has 0 saturated carbocycles. The van der Waals surface area contributed by atoms with Gasteiger partial charge in [-0.15, -0.1) is 0 Å². The average molecular weight is 447 g/mol. The Morgan fingerprint density at radius 1 is 1.22 bits per heavy atom. The van der Waals surface area contributed by atoms with E-state index in [-0.39, 0.29) is 24.0 Å². The predicted molar refractivity (Wildman–Crippen MR) is 130 cm³/mol. The maximum absolute atomic E-state index is 12.2. The van der Waals surface area contributed by atoms with E-state index in [0.717, 1.165) is 25.0 Å². The number of ether oxygens (including phenoxy) is 2. The second-order valence-electron chi connectivity index (χ2n) is 10.2. The number of methoxy groups -OCH3 is 1. The first kappa shape index (κ1) is 26.2. The molecule has 3 unspecified atom stereocenters. The summed E-state index contributed by atoms with van der Waals surface area (Å²) in [4.78, 5) is 15.6. The van der Waals surface area contributed by atoms with Crippen molar-refractivity contribution >= 4 is 17.0 Å². The average Bonchev–Trinajstić information content (AvgIpc) is 3.11. The van der Waals surface area contributed by atoms with Crippen molar-refractivity contribution in [1.29, 1.82) is 0 Å². The highest BCUT2D eigenvalue weighted by atomic mass is 16.6. The minimum atomic E-state index is -0.534. The summed E-state index contributed by atoms with van der Waals surface area (Å²) < 4.78 is 10.8. The molecule has 2 rings (SSSR count). The van der Waals surface area contributed by atoms with E-state index in [1.165, 1.54) is 16.5 Å². The van der Waals surface area contributed by atoms with Crippen molar-refractivity contribution in [3.63, 3.8) is 0 Å². The number of aryl methyl sites for hydroxylation is 1. The molecule has 0 aliphatic rings. The molecule has 3 atom stereocenters. The van der Waals surface area contributed by atoms with Crippen molar-refractivity contribution in [3.05, 3.63) is 35.5 Å². The SMILES string of the molecule is COCCCc1c[nH]c2ccc(C(C)C(CC(CO)OC(=O)NC(C)(C)C)C(C)C)cc12. The zero-order valence-electron chi connectivity index (χ0n) is 20.8. The number of H-pyrrole nitrogens is 1. The minimum Gasteiger partial charge on any atom is -0.444 e. The summed E-state index contributed by atoms with van der Waals surface area (Å²) in [5.74, 6) is 0.879. The molecule has 1 aromatic carbocycles. The second kappa shape index (κ2) is 11.7. The van der Waals surface area contributed by atoms with Crippen LogP contribution in [0.4, 0.5) is 4.79 Å². The molecule has 0 saturated heterocycles. The summed E-state index contributed by atoms with van der Waals surface area (Å²) >= 11 is 0. The molecule has 1 heterocycles. The number of alkyl carbamates (subject to hydrolysis) is 1. The Hall–Kier alpha value is -2.05. The number of hydrogen-bond acceptors (Lipinski definition) is 4. The van der Waals surface area contributed by atoms with Gasteiger partial charge in [-0.3, -0.25) is 0 Å². The van der Waals surface area contributed by atoms with Crippen LogP contribution in [0.15, 0.2) is 24.4 Å². The van der Waals surface area contributed by atoms with Crippen molar-refractivity contribution in [3.8, 4) is 0 Å². The van der Waals surface area contributed by atoms with E-state index in [1.54, 1.807) is 7.11 Å². The Labute approximate surface area is 193 Å². The summed E-state index contributed by atoms with van der Waals surface area (Å²) in [6.45, 7) is 12.9. The third-order valence-corrected chi connectivity index (χ3v) is 6.10. The number of amides is 1. The summed E-state index contributed by atoms with van der Waals surface area (Å²) in [5, 5.41) is 14.0. The molecular formula is C26H42N2O4. The van der Waals surface area contributed by atoms with Gasteiger partial charge in [0.15, 0.2) is 0 Å². The summed E-state index contributed by atoms with van der Waals surface area (Å²) in [6.07, 6.45) is 3.65. The molecule has 6 heteroatoms. The number of aromatic nitrogens is 1. The number of hydrogen-bond donors (Lipinski definition) is 3. The van der Waals surface area contributed by atoms with Crippen molar-refractivity contribution in [2.75, 3.05) is 20.3 Å². The first-order valence-electron chi connectivity index (χ1n) is 11.7. The van der Waals surface area contributed by atoms with E-state index in [9.17, 15) is 9.90 Å². The fourth-order valence-corrected chi connectivity index (χ4v) is 4.34. The number of rotatable bonds is 11. The fraction of sp³-hybridized carbons (Fsp3) is 0.654. The molecule has 3 N–H and O–H groups in total. The van der Waals surface area contributed by atoms with Gasteiger partial charge in [-0.05, 0) is 81.0 Å². The number of carbonyl (C=O) groups excluding carboxylic acids is 1. The number of fused-ring (bicyclic) bond motifs is 1. The molecule has 0 radical (unpaired) electrons. The Morgan fingerprint density at radius 2 is 1.94 bits per heavy atom. The minimum absolute atomic E-state index is 0.187. The van der Waals surface area contributed by atoms with Crippen LogP contribution in [0.5, 0.6) is 0 Å². The van der Waals surface area contributed by atoms with Crippen LogP contribution in [-0.4, -0.2) is 48.2 Å². The van der Waals surface area contributed by atoms with Gasteiger partial charge in [0, 0.05) is 36.4 Å². The third-order valence-electron chi connectivity index (χ3n) is 6.10. The van der Waals surface area contributed by atoms with Gasteiger partial charge >= 0.3 is 6.09 Å². The second-order valence-corrected chi connectivity index (χ2v) is 10.2. The van der Waals surface area contributed by atoms with Gasteiger partial charge in [0.1, 0.15) is 6.10 Å². The highest BCUT2D eigenvalue weighted by molar-refractivity contribution is 5.84. The molecule has 32 heavy (non-hydrogen) atoms. The highest BCUT2D eigenvalue weighted by Gasteiger charge is 2.28. The van der Waals surface area contributed by atoms with E-state index in [1.807, 2.05) is 20.8 Å². The highest BCUT2D eigenvalue weighted by Crippen LogP contribution is 2.36. The normalized spacial score (nSPS) is 15.0. The maximum atomic E-state index is 12.2. The number of carbonyl (C=O) groups is 1. The van der Waals surface area contributed by atoms with Gasteiger partial charge in [-0.1, -0.05) is 26.8 Å². The van der Waals surface area contributed by atoms with E-state index in [4.69, 9.17) is 9.47 Å². The van der Waals surface area contributed by atoms with Crippen molar-refractivity contribution in [1.82, 2.24) is 10.3 Å². The zero-order chi connectivity index (χ0) is 23.9. The Kier molecular flexibility index (Phi) is 9.59. The number of aliphatic hydroxyl groups excluding tert-OH is 1. The van der Waals surface area contributed by atoms with Crippen LogP contribution >= 0.6 is 0 Å². The predicted octanol–water partition coefficient (Wildman–Crippen LogP) is 5.40. The monoisotopic (exact) mass is 446 g/mol. The molecule has 2 aromatic rings. The van der Waals surface area contributed by atoms with E-state index in [0.29, 0.717) is 12.3 Å². The number of nitrogens with one attached hydrogen (secondary N) is 2. The molecule has 1 amide bonds. The largest absolute Gasteiger partial charge is 0.444 e.